The predicted molar refractivity (Wildman–Crippen MR) is 68.1 cm³/mol. The Morgan fingerprint density at radius 2 is 1.88 bits per heavy atom. The summed E-state index contributed by atoms with van der Waals surface area (Å²) in [5, 5.41) is 0. The van der Waals surface area contributed by atoms with E-state index in [-0.39, 0.29) is 6.10 Å². The van der Waals surface area contributed by atoms with Crippen LogP contribution < -0.4 is 0 Å². The van der Waals surface area contributed by atoms with E-state index in [4.69, 9.17) is 9.72 Å². The van der Waals surface area contributed by atoms with Gasteiger partial charge in [0.2, 0.25) is 0 Å². The zero-order chi connectivity index (χ0) is 12.6. The van der Waals surface area contributed by atoms with Crippen molar-refractivity contribution < 1.29 is 4.74 Å². The van der Waals surface area contributed by atoms with Gasteiger partial charge >= 0.3 is 0 Å². The van der Waals surface area contributed by atoms with E-state index < -0.39 is 0 Å². The topological polar surface area (TPSA) is 35.0 Å². The molecule has 3 heteroatoms. The van der Waals surface area contributed by atoms with Crippen molar-refractivity contribution in [3.8, 4) is 0 Å². The van der Waals surface area contributed by atoms with Crippen LogP contribution in [0.2, 0.25) is 0 Å². The molecule has 1 aromatic heterocycles. The molecule has 3 nitrogen and oxygen atoms in total. The molecule has 0 N–H and O–H groups in total. The van der Waals surface area contributed by atoms with Gasteiger partial charge < -0.3 is 4.74 Å². The molecular weight excluding hydrogens is 212 g/mol. The lowest BCUT2D eigenvalue weighted by Gasteiger charge is -2.29. The van der Waals surface area contributed by atoms with Crippen molar-refractivity contribution >= 4 is 0 Å². The van der Waals surface area contributed by atoms with Crippen molar-refractivity contribution in [2.45, 2.75) is 53.1 Å². The summed E-state index contributed by atoms with van der Waals surface area (Å²) in [5.74, 6) is 1.77. The number of hydrogen-bond acceptors (Lipinski definition) is 3. The summed E-state index contributed by atoms with van der Waals surface area (Å²) in [6, 6.07) is 0. The monoisotopic (exact) mass is 234 g/mol. The maximum absolute atomic E-state index is 5.87. The van der Waals surface area contributed by atoms with Gasteiger partial charge in [0.15, 0.2) is 0 Å². The SMILES string of the molecule is Cc1nc(C(C)C)nc2c1CCOC2C(C)C. The van der Waals surface area contributed by atoms with Crippen molar-refractivity contribution in [1.82, 2.24) is 9.97 Å². The van der Waals surface area contributed by atoms with E-state index in [1.54, 1.807) is 0 Å². The highest BCUT2D eigenvalue weighted by Gasteiger charge is 2.27. The van der Waals surface area contributed by atoms with Crippen LogP contribution in [0.25, 0.3) is 0 Å². The van der Waals surface area contributed by atoms with Gasteiger partial charge in [0.05, 0.1) is 12.3 Å². The lowest BCUT2D eigenvalue weighted by atomic mass is 9.94. The molecule has 0 radical (unpaired) electrons. The van der Waals surface area contributed by atoms with Gasteiger partial charge in [0.1, 0.15) is 11.9 Å². The third-order valence-corrected chi connectivity index (χ3v) is 3.30. The first kappa shape index (κ1) is 12.5. The molecule has 0 saturated heterocycles. The molecule has 94 valence electrons. The van der Waals surface area contributed by atoms with Crippen LogP contribution in [0.3, 0.4) is 0 Å². The van der Waals surface area contributed by atoms with Crippen LogP contribution in [0.5, 0.6) is 0 Å². The molecule has 1 unspecified atom stereocenters. The first-order chi connectivity index (χ1) is 8.00. The number of nitrogens with zero attached hydrogens (tertiary/aromatic N) is 2. The third-order valence-electron chi connectivity index (χ3n) is 3.30. The van der Waals surface area contributed by atoms with Gasteiger partial charge in [0.25, 0.3) is 0 Å². The maximum Gasteiger partial charge on any atom is 0.131 e. The van der Waals surface area contributed by atoms with Crippen LogP contribution in [-0.4, -0.2) is 16.6 Å². The molecule has 17 heavy (non-hydrogen) atoms. The molecule has 2 heterocycles. The maximum atomic E-state index is 5.87. The normalized spacial score (nSPS) is 19.8. The van der Waals surface area contributed by atoms with Gasteiger partial charge in [-0.1, -0.05) is 27.7 Å². The van der Waals surface area contributed by atoms with Gasteiger partial charge in [-0.05, 0) is 24.8 Å². The van der Waals surface area contributed by atoms with E-state index in [1.807, 2.05) is 0 Å². The van der Waals surface area contributed by atoms with Gasteiger partial charge in [0, 0.05) is 11.6 Å². The van der Waals surface area contributed by atoms with E-state index in [9.17, 15) is 0 Å². The second-order valence-corrected chi connectivity index (χ2v) is 5.47. The lowest BCUT2D eigenvalue weighted by molar-refractivity contribution is 0.00736. The highest BCUT2D eigenvalue weighted by atomic mass is 16.5. The van der Waals surface area contributed by atoms with Crippen molar-refractivity contribution in [1.29, 1.82) is 0 Å². The molecule has 1 aliphatic heterocycles. The van der Waals surface area contributed by atoms with Crippen LogP contribution in [0, 0.1) is 12.8 Å². The smallest absolute Gasteiger partial charge is 0.131 e. The van der Waals surface area contributed by atoms with Crippen LogP contribution in [-0.2, 0) is 11.2 Å². The molecule has 0 aromatic carbocycles. The first-order valence-corrected chi connectivity index (χ1v) is 6.49. The largest absolute Gasteiger partial charge is 0.371 e. The Kier molecular flexibility index (Phi) is 3.48. The van der Waals surface area contributed by atoms with Crippen LogP contribution >= 0.6 is 0 Å². The highest BCUT2D eigenvalue weighted by molar-refractivity contribution is 5.29. The highest BCUT2D eigenvalue weighted by Crippen LogP contribution is 2.33. The summed E-state index contributed by atoms with van der Waals surface area (Å²) in [5.41, 5.74) is 3.56. The Bertz CT molecular complexity index is 413. The van der Waals surface area contributed by atoms with Crippen molar-refractivity contribution in [3.05, 3.63) is 22.8 Å². The Hall–Kier alpha value is -0.960. The predicted octanol–water partition coefficient (Wildman–Crippen LogP) is 3.18. The zero-order valence-electron chi connectivity index (χ0n) is 11.4. The summed E-state index contributed by atoms with van der Waals surface area (Å²) >= 11 is 0. The fraction of sp³-hybridized carbons (Fsp3) is 0.714. The second-order valence-electron chi connectivity index (χ2n) is 5.47. The molecule has 0 amide bonds. The number of fused-ring (bicyclic) bond motifs is 1. The van der Waals surface area contributed by atoms with Crippen LogP contribution in [0.4, 0.5) is 0 Å². The zero-order valence-corrected chi connectivity index (χ0v) is 11.4. The van der Waals surface area contributed by atoms with Gasteiger partial charge in [-0.2, -0.15) is 0 Å². The average molecular weight is 234 g/mol. The van der Waals surface area contributed by atoms with Gasteiger partial charge in [-0.25, -0.2) is 9.97 Å². The summed E-state index contributed by atoms with van der Waals surface area (Å²) in [7, 11) is 0. The van der Waals surface area contributed by atoms with Gasteiger partial charge in [-0.15, -0.1) is 0 Å². The molecule has 0 fully saturated rings. The van der Waals surface area contributed by atoms with E-state index in [2.05, 4.69) is 39.6 Å². The molecular formula is C14H22N2O. The van der Waals surface area contributed by atoms with E-state index >= 15 is 0 Å². The molecule has 2 rings (SSSR count). The molecule has 0 saturated carbocycles. The van der Waals surface area contributed by atoms with Crippen LogP contribution in [0.15, 0.2) is 0 Å². The van der Waals surface area contributed by atoms with Crippen molar-refractivity contribution in [2.24, 2.45) is 5.92 Å². The summed E-state index contributed by atoms with van der Waals surface area (Å²) < 4.78 is 5.87. The minimum atomic E-state index is 0.137. The molecule has 0 bridgehead atoms. The number of hydrogen-bond donors (Lipinski definition) is 0. The minimum Gasteiger partial charge on any atom is -0.371 e. The van der Waals surface area contributed by atoms with E-state index in [0.29, 0.717) is 11.8 Å². The number of aryl methyl sites for hydroxylation is 1. The number of ether oxygens (including phenoxy) is 1. The standard InChI is InChI=1S/C14H22N2O/c1-8(2)13-12-11(6-7-17-13)10(5)15-14(16-12)9(3)4/h8-9,13H,6-7H2,1-5H3. The Labute approximate surface area is 104 Å². The molecule has 1 atom stereocenters. The van der Waals surface area contributed by atoms with Crippen LogP contribution in [0.1, 0.15) is 62.5 Å². The Balaban J connectivity index is 2.51. The lowest BCUT2D eigenvalue weighted by Crippen LogP contribution is -2.24. The second kappa shape index (κ2) is 4.73. The molecule has 0 spiro atoms. The van der Waals surface area contributed by atoms with E-state index in [1.165, 1.54) is 5.56 Å². The van der Waals surface area contributed by atoms with Crippen molar-refractivity contribution in [3.63, 3.8) is 0 Å². The average Bonchev–Trinajstić information content (AvgIpc) is 2.27. The molecule has 1 aromatic rings. The quantitative estimate of drug-likeness (QED) is 0.788. The Morgan fingerprint density at radius 3 is 2.47 bits per heavy atom. The van der Waals surface area contributed by atoms with Gasteiger partial charge in [-0.3, -0.25) is 0 Å². The number of rotatable bonds is 2. The fourth-order valence-electron chi connectivity index (χ4n) is 2.32. The summed E-state index contributed by atoms with van der Waals surface area (Å²) in [4.78, 5) is 9.35. The van der Waals surface area contributed by atoms with E-state index in [0.717, 1.165) is 30.2 Å². The first-order valence-electron chi connectivity index (χ1n) is 6.49. The third kappa shape index (κ3) is 2.34. The van der Waals surface area contributed by atoms with Crippen molar-refractivity contribution in [2.75, 3.05) is 6.61 Å². The number of aromatic nitrogens is 2. The fourth-order valence-corrected chi connectivity index (χ4v) is 2.32. The molecule has 1 aliphatic rings. The molecule has 0 aliphatic carbocycles. The minimum absolute atomic E-state index is 0.137. The Morgan fingerprint density at radius 1 is 1.18 bits per heavy atom. The summed E-state index contributed by atoms with van der Waals surface area (Å²) in [6.07, 6.45) is 1.08. The summed E-state index contributed by atoms with van der Waals surface area (Å²) in [6.45, 7) is 11.5.